The molecule has 3 heterocycles. The predicted octanol–water partition coefficient (Wildman–Crippen LogP) is 9.79. The average molecular weight is 574 g/mol. The van der Waals surface area contributed by atoms with Gasteiger partial charge in [-0.1, -0.05) is 78.8 Å². The largest absolute Gasteiger partial charge is 0.357 e. The lowest BCUT2D eigenvalue weighted by molar-refractivity contribution is 0.440. The van der Waals surface area contributed by atoms with Gasteiger partial charge >= 0.3 is 0 Å². The van der Waals surface area contributed by atoms with Gasteiger partial charge < -0.3 is 4.90 Å². The second kappa shape index (κ2) is 12.8. The Balaban J connectivity index is 1.78. The molecule has 0 spiro atoms. The van der Waals surface area contributed by atoms with Crippen molar-refractivity contribution in [3.63, 3.8) is 0 Å². The lowest BCUT2D eigenvalue weighted by atomic mass is 9.75. The SMILES string of the molecule is CCC(C)(CC)c1ccc(-c2ccccc2C#N)cc1-c1nccn1-c1c(C(C)C)cc(N2CCCCC2)nc1C(C)C. The number of hydrogen-bond acceptors (Lipinski definition) is 4. The molecule has 1 aliphatic heterocycles. The van der Waals surface area contributed by atoms with Crippen molar-refractivity contribution >= 4 is 5.82 Å². The molecule has 0 radical (unpaired) electrons. The summed E-state index contributed by atoms with van der Waals surface area (Å²) in [6.45, 7) is 18.1. The lowest BCUT2D eigenvalue weighted by Gasteiger charge is -2.32. The topological polar surface area (TPSA) is 57.7 Å². The van der Waals surface area contributed by atoms with Gasteiger partial charge in [-0.25, -0.2) is 9.97 Å². The van der Waals surface area contributed by atoms with Crippen molar-refractivity contribution in [2.45, 2.75) is 97.8 Å². The zero-order valence-electron chi connectivity index (χ0n) is 27.1. The van der Waals surface area contributed by atoms with Gasteiger partial charge in [0.1, 0.15) is 11.6 Å². The van der Waals surface area contributed by atoms with E-state index in [1.54, 1.807) is 0 Å². The van der Waals surface area contributed by atoms with Crippen LogP contribution >= 0.6 is 0 Å². The standard InChI is InChI=1S/C38H47N5/c1-8-38(7,9-2)33-18-17-28(30-16-12-11-15-29(30)25-39)23-32(33)37-40-19-22-43(37)36-31(26(3)4)24-34(41-35(36)27(5)6)42-20-13-10-14-21-42/h11-12,15-19,22-24,26-27H,8-10,13-14,20-21H2,1-7H3. The molecule has 5 heteroatoms. The van der Waals surface area contributed by atoms with Crippen molar-refractivity contribution in [2.24, 2.45) is 0 Å². The molecule has 1 fully saturated rings. The fourth-order valence-corrected chi connectivity index (χ4v) is 6.52. The smallest absolute Gasteiger partial charge is 0.144 e. The highest BCUT2D eigenvalue weighted by Gasteiger charge is 2.30. The summed E-state index contributed by atoms with van der Waals surface area (Å²) in [5.41, 5.74) is 8.63. The van der Waals surface area contributed by atoms with Gasteiger partial charge in [-0.05, 0) is 89.8 Å². The number of imidazole rings is 1. The first-order valence-corrected chi connectivity index (χ1v) is 16.2. The second-order valence-electron chi connectivity index (χ2n) is 13.0. The van der Waals surface area contributed by atoms with E-state index >= 15 is 0 Å². The van der Waals surface area contributed by atoms with Crippen LogP contribution in [0.2, 0.25) is 0 Å². The molecule has 4 aromatic rings. The van der Waals surface area contributed by atoms with Crippen LogP contribution in [-0.2, 0) is 5.41 Å². The van der Waals surface area contributed by atoms with Crippen LogP contribution in [0.3, 0.4) is 0 Å². The summed E-state index contributed by atoms with van der Waals surface area (Å²) >= 11 is 0. The summed E-state index contributed by atoms with van der Waals surface area (Å²) in [6, 6.07) is 19.3. The van der Waals surface area contributed by atoms with E-state index in [9.17, 15) is 5.26 Å². The number of anilines is 1. The average Bonchev–Trinajstić information content (AvgIpc) is 3.53. The highest BCUT2D eigenvalue weighted by Crippen LogP contribution is 2.42. The molecule has 0 atom stereocenters. The third kappa shape index (κ3) is 5.85. The Kier molecular flexibility index (Phi) is 9.06. The lowest BCUT2D eigenvalue weighted by Crippen LogP contribution is -2.31. The van der Waals surface area contributed by atoms with Crippen molar-refractivity contribution in [1.29, 1.82) is 5.26 Å². The van der Waals surface area contributed by atoms with Crippen LogP contribution in [0.25, 0.3) is 28.2 Å². The normalized spacial score (nSPS) is 14.0. The van der Waals surface area contributed by atoms with E-state index in [4.69, 9.17) is 9.97 Å². The molecule has 0 bridgehead atoms. The summed E-state index contributed by atoms with van der Waals surface area (Å²) < 4.78 is 2.29. The van der Waals surface area contributed by atoms with E-state index < -0.39 is 0 Å². The predicted molar refractivity (Wildman–Crippen MR) is 179 cm³/mol. The molecule has 2 aromatic carbocycles. The van der Waals surface area contributed by atoms with E-state index in [-0.39, 0.29) is 11.3 Å². The maximum atomic E-state index is 9.89. The molecular formula is C38H47N5. The summed E-state index contributed by atoms with van der Waals surface area (Å²) in [5, 5.41) is 9.89. The molecule has 1 aliphatic rings. The van der Waals surface area contributed by atoms with Gasteiger partial charge in [0, 0.05) is 31.0 Å². The van der Waals surface area contributed by atoms with E-state index in [0.717, 1.165) is 65.6 Å². The molecule has 43 heavy (non-hydrogen) atoms. The fraction of sp³-hybridized carbons (Fsp3) is 0.447. The minimum atomic E-state index is -0.0164. The zero-order chi connectivity index (χ0) is 30.7. The molecule has 5 rings (SSSR count). The molecule has 1 saturated heterocycles. The third-order valence-corrected chi connectivity index (χ3v) is 9.60. The quantitative estimate of drug-likeness (QED) is 0.200. The summed E-state index contributed by atoms with van der Waals surface area (Å²) in [6.07, 6.45) is 9.83. The molecule has 224 valence electrons. The Morgan fingerprint density at radius 1 is 0.907 bits per heavy atom. The third-order valence-electron chi connectivity index (χ3n) is 9.60. The first-order valence-electron chi connectivity index (χ1n) is 16.2. The maximum absolute atomic E-state index is 9.89. The van der Waals surface area contributed by atoms with Gasteiger partial charge in [-0.2, -0.15) is 5.26 Å². The Morgan fingerprint density at radius 3 is 2.28 bits per heavy atom. The Hall–Kier alpha value is -3.91. The van der Waals surface area contributed by atoms with Crippen molar-refractivity contribution in [2.75, 3.05) is 18.0 Å². The minimum absolute atomic E-state index is 0.0164. The maximum Gasteiger partial charge on any atom is 0.144 e. The number of hydrogen-bond donors (Lipinski definition) is 0. The number of pyridine rings is 1. The minimum Gasteiger partial charge on any atom is -0.357 e. The van der Waals surface area contributed by atoms with Gasteiger partial charge in [-0.3, -0.25) is 4.57 Å². The Labute approximate surface area is 258 Å². The van der Waals surface area contributed by atoms with Crippen molar-refractivity contribution in [1.82, 2.24) is 14.5 Å². The Morgan fingerprint density at radius 2 is 1.63 bits per heavy atom. The Bertz CT molecular complexity index is 1580. The summed E-state index contributed by atoms with van der Waals surface area (Å²) in [7, 11) is 0. The number of benzene rings is 2. The molecule has 0 N–H and O–H groups in total. The van der Waals surface area contributed by atoms with Crippen molar-refractivity contribution < 1.29 is 0 Å². The number of nitriles is 1. The molecule has 5 nitrogen and oxygen atoms in total. The molecule has 2 aromatic heterocycles. The van der Waals surface area contributed by atoms with Crippen LogP contribution in [0.15, 0.2) is 60.9 Å². The molecular weight excluding hydrogens is 526 g/mol. The van der Waals surface area contributed by atoms with Gasteiger partial charge in [0.15, 0.2) is 0 Å². The molecule has 0 saturated carbocycles. The van der Waals surface area contributed by atoms with Crippen molar-refractivity contribution in [3.05, 3.63) is 83.3 Å². The van der Waals surface area contributed by atoms with E-state index in [1.165, 1.54) is 30.4 Å². The number of aromatic nitrogens is 3. The van der Waals surface area contributed by atoms with Crippen LogP contribution in [0.1, 0.15) is 115 Å². The first-order chi connectivity index (χ1) is 20.7. The first kappa shape index (κ1) is 30.5. The van der Waals surface area contributed by atoms with E-state index in [2.05, 4.69) is 94.5 Å². The van der Waals surface area contributed by atoms with Crippen LogP contribution in [-0.4, -0.2) is 27.6 Å². The molecule has 0 amide bonds. The fourth-order valence-electron chi connectivity index (χ4n) is 6.52. The monoisotopic (exact) mass is 573 g/mol. The number of rotatable bonds is 9. The van der Waals surface area contributed by atoms with Gasteiger partial charge in [0.25, 0.3) is 0 Å². The van der Waals surface area contributed by atoms with Crippen LogP contribution < -0.4 is 4.90 Å². The highest BCUT2D eigenvalue weighted by molar-refractivity contribution is 5.78. The van der Waals surface area contributed by atoms with Gasteiger partial charge in [0.2, 0.25) is 0 Å². The van der Waals surface area contributed by atoms with Crippen LogP contribution in [0, 0.1) is 11.3 Å². The second-order valence-corrected chi connectivity index (χ2v) is 13.0. The highest BCUT2D eigenvalue weighted by atomic mass is 15.2. The zero-order valence-corrected chi connectivity index (χ0v) is 27.1. The van der Waals surface area contributed by atoms with Gasteiger partial charge in [-0.15, -0.1) is 0 Å². The van der Waals surface area contributed by atoms with Crippen LogP contribution in [0.4, 0.5) is 5.82 Å². The van der Waals surface area contributed by atoms with Gasteiger partial charge in [0.05, 0.1) is 23.0 Å². The molecule has 0 aliphatic carbocycles. The number of piperidine rings is 1. The summed E-state index contributed by atoms with van der Waals surface area (Å²) in [4.78, 5) is 12.9. The van der Waals surface area contributed by atoms with E-state index in [0.29, 0.717) is 11.5 Å². The van der Waals surface area contributed by atoms with E-state index in [1.807, 2.05) is 30.5 Å². The van der Waals surface area contributed by atoms with Crippen molar-refractivity contribution in [3.8, 4) is 34.3 Å². The van der Waals surface area contributed by atoms with Crippen LogP contribution in [0.5, 0.6) is 0 Å². The summed E-state index contributed by atoms with van der Waals surface area (Å²) in [5.74, 6) is 2.60. The number of nitrogens with zero attached hydrogens (tertiary/aromatic N) is 5. The molecule has 0 unspecified atom stereocenters.